The number of benzene rings is 3. The number of carbonyl (C=O) groups is 1. The van der Waals surface area contributed by atoms with Gasteiger partial charge in [0.05, 0.1) is 23.0 Å². The van der Waals surface area contributed by atoms with E-state index in [1.807, 2.05) is 44.2 Å². The van der Waals surface area contributed by atoms with Crippen molar-refractivity contribution >= 4 is 17.5 Å². The summed E-state index contributed by atoms with van der Waals surface area (Å²) >= 11 is 6.49. The Morgan fingerprint density at radius 1 is 0.909 bits per heavy atom. The van der Waals surface area contributed by atoms with Crippen LogP contribution in [0.2, 0.25) is 5.02 Å². The van der Waals surface area contributed by atoms with E-state index in [9.17, 15) is 4.79 Å². The zero-order chi connectivity index (χ0) is 32.1. The number of nitrogens with zero attached hydrogens (tertiary/aromatic N) is 2. The second kappa shape index (κ2) is 14.0. The molecule has 0 atom stereocenters. The Balaban J connectivity index is 1.43. The quantitative estimate of drug-likeness (QED) is 0.153. The van der Waals surface area contributed by atoms with E-state index in [-0.39, 0.29) is 16.7 Å². The fraction of sp³-hybridized carbons (Fsp3) is 0.421. The van der Waals surface area contributed by atoms with E-state index in [4.69, 9.17) is 21.4 Å². The monoisotopic (exact) mass is 613 g/mol. The highest BCUT2D eigenvalue weighted by molar-refractivity contribution is 6.33. The minimum Gasteiger partial charge on any atom is -0.493 e. The molecule has 4 aromatic rings. The number of hydrogen-bond acceptors (Lipinski definition) is 3. The van der Waals surface area contributed by atoms with E-state index in [2.05, 4.69) is 83.3 Å². The van der Waals surface area contributed by atoms with Crippen LogP contribution in [0.4, 0.5) is 0 Å². The number of halogens is 1. The van der Waals surface area contributed by atoms with Gasteiger partial charge in [-0.15, -0.1) is 0 Å². The third kappa shape index (κ3) is 7.55. The molecule has 5 nitrogen and oxygen atoms in total. The Bertz CT molecular complexity index is 1600. The summed E-state index contributed by atoms with van der Waals surface area (Å²) in [5.74, 6) is 0.791. The number of carbonyl (C=O) groups excluding carboxylic acids is 1. The molecule has 6 heteroatoms. The molecule has 0 aliphatic carbocycles. The number of unbranched alkanes of at least 4 members (excludes halogenated alkanes) is 1. The van der Waals surface area contributed by atoms with Crippen molar-refractivity contribution in [2.45, 2.75) is 91.9 Å². The second-order valence-electron chi connectivity index (χ2n) is 13.1. The standard InChI is InChI=1S/C38H48ClN3O2/c1-9-37(5,6)28-19-20-35(30(24-28)38(7,8)10-2)44-22-14-13-21-40-36(43)34-25-32(29-15-11-12-16-31(29)39)41-42(34)33-23-26(3)17-18-27(33)4/h11-12,15-20,23-25H,9-10,13-14,21-22H2,1-8H3,(H,40,43). The van der Waals surface area contributed by atoms with Crippen molar-refractivity contribution in [1.82, 2.24) is 15.1 Å². The lowest BCUT2D eigenvalue weighted by Gasteiger charge is -2.30. The lowest BCUT2D eigenvalue weighted by atomic mass is 9.76. The van der Waals surface area contributed by atoms with Gasteiger partial charge in [-0.3, -0.25) is 4.79 Å². The SMILES string of the molecule is CCC(C)(C)c1ccc(OCCCCNC(=O)c2cc(-c3ccccc3Cl)nn2-c2cc(C)ccc2C)c(C(C)(C)CC)c1. The lowest BCUT2D eigenvalue weighted by molar-refractivity contribution is 0.0944. The zero-order valence-corrected chi connectivity index (χ0v) is 28.4. The van der Waals surface area contributed by atoms with Crippen molar-refractivity contribution in [3.05, 3.63) is 99.7 Å². The predicted octanol–water partition coefficient (Wildman–Crippen LogP) is 9.77. The average molecular weight is 614 g/mol. The third-order valence-electron chi connectivity index (χ3n) is 9.06. The highest BCUT2D eigenvalue weighted by atomic mass is 35.5. The van der Waals surface area contributed by atoms with E-state index < -0.39 is 0 Å². The highest BCUT2D eigenvalue weighted by Crippen LogP contribution is 2.38. The van der Waals surface area contributed by atoms with Crippen molar-refractivity contribution in [3.63, 3.8) is 0 Å². The summed E-state index contributed by atoms with van der Waals surface area (Å²) in [5, 5.41) is 8.54. The topological polar surface area (TPSA) is 56.1 Å². The molecule has 4 rings (SSSR count). The Morgan fingerprint density at radius 2 is 1.64 bits per heavy atom. The van der Waals surface area contributed by atoms with Gasteiger partial charge < -0.3 is 10.1 Å². The van der Waals surface area contributed by atoms with Crippen LogP contribution in [0.3, 0.4) is 0 Å². The van der Waals surface area contributed by atoms with Crippen LogP contribution in [0, 0.1) is 13.8 Å². The normalized spacial score (nSPS) is 11.9. The fourth-order valence-corrected chi connectivity index (χ4v) is 5.41. The number of aromatic nitrogens is 2. The van der Waals surface area contributed by atoms with Crippen LogP contribution in [0.5, 0.6) is 5.75 Å². The first-order valence-electron chi connectivity index (χ1n) is 15.9. The summed E-state index contributed by atoms with van der Waals surface area (Å²) < 4.78 is 8.08. The summed E-state index contributed by atoms with van der Waals surface area (Å²) in [4.78, 5) is 13.5. The molecule has 0 bridgehead atoms. The van der Waals surface area contributed by atoms with Crippen LogP contribution in [0.1, 0.15) is 100.0 Å². The van der Waals surface area contributed by atoms with Crippen LogP contribution >= 0.6 is 11.6 Å². The van der Waals surface area contributed by atoms with Crippen molar-refractivity contribution in [2.24, 2.45) is 0 Å². The second-order valence-corrected chi connectivity index (χ2v) is 13.5. The predicted molar refractivity (Wildman–Crippen MR) is 184 cm³/mol. The summed E-state index contributed by atoms with van der Waals surface area (Å²) in [6, 6.07) is 22.3. The molecule has 1 amide bonds. The molecule has 0 fully saturated rings. The molecule has 0 aliphatic heterocycles. The summed E-state index contributed by atoms with van der Waals surface area (Å²) in [7, 11) is 0. The molecule has 1 aromatic heterocycles. The Labute approximate surface area is 269 Å². The van der Waals surface area contributed by atoms with Gasteiger partial charge in [0.25, 0.3) is 5.91 Å². The van der Waals surface area contributed by atoms with E-state index in [0.717, 1.165) is 53.8 Å². The lowest BCUT2D eigenvalue weighted by Crippen LogP contribution is -2.27. The van der Waals surface area contributed by atoms with Crippen LogP contribution < -0.4 is 10.1 Å². The Morgan fingerprint density at radius 3 is 2.34 bits per heavy atom. The molecular formula is C38H48ClN3O2. The summed E-state index contributed by atoms with van der Waals surface area (Å²) in [5.41, 5.74) is 7.70. The van der Waals surface area contributed by atoms with Gasteiger partial charge in [-0.2, -0.15) is 5.10 Å². The molecule has 0 saturated heterocycles. The molecule has 1 heterocycles. The average Bonchev–Trinajstić information content (AvgIpc) is 3.45. The van der Waals surface area contributed by atoms with Gasteiger partial charge >= 0.3 is 0 Å². The maximum Gasteiger partial charge on any atom is 0.270 e. The zero-order valence-electron chi connectivity index (χ0n) is 27.7. The first-order valence-corrected chi connectivity index (χ1v) is 16.2. The molecule has 1 N–H and O–H groups in total. The van der Waals surface area contributed by atoms with Gasteiger partial charge in [0.15, 0.2) is 0 Å². The van der Waals surface area contributed by atoms with E-state index in [1.54, 1.807) is 4.68 Å². The van der Waals surface area contributed by atoms with Gasteiger partial charge in [-0.1, -0.05) is 95.6 Å². The third-order valence-corrected chi connectivity index (χ3v) is 9.39. The maximum absolute atomic E-state index is 13.5. The van der Waals surface area contributed by atoms with Crippen molar-refractivity contribution in [1.29, 1.82) is 0 Å². The molecule has 0 radical (unpaired) electrons. The first kappa shape index (κ1) is 33.3. The van der Waals surface area contributed by atoms with Crippen LogP contribution in [-0.2, 0) is 10.8 Å². The fourth-order valence-electron chi connectivity index (χ4n) is 5.18. The van der Waals surface area contributed by atoms with Crippen molar-refractivity contribution in [2.75, 3.05) is 13.2 Å². The van der Waals surface area contributed by atoms with E-state index >= 15 is 0 Å². The van der Waals surface area contributed by atoms with Gasteiger partial charge in [-0.25, -0.2) is 4.68 Å². The summed E-state index contributed by atoms with van der Waals surface area (Å²) in [6.07, 6.45) is 3.74. The van der Waals surface area contributed by atoms with Crippen LogP contribution in [-0.4, -0.2) is 28.8 Å². The Hall–Kier alpha value is -3.57. The van der Waals surface area contributed by atoms with E-state index in [1.165, 1.54) is 11.1 Å². The van der Waals surface area contributed by atoms with Crippen LogP contribution in [0.25, 0.3) is 16.9 Å². The molecule has 3 aromatic carbocycles. The minimum atomic E-state index is -0.168. The van der Waals surface area contributed by atoms with Gasteiger partial charge in [0.2, 0.25) is 0 Å². The minimum absolute atomic E-state index is 0.0184. The largest absolute Gasteiger partial charge is 0.493 e. The number of hydrogen-bond donors (Lipinski definition) is 1. The van der Waals surface area contributed by atoms with Crippen molar-refractivity contribution < 1.29 is 9.53 Å². The van der Waals surface area contributed by atoms with Gasteiger partial charge in [-0.05, 0) is 91.3 Å². The summed E-state index contributed by atoms with van der Waals surface area (Å²) in [6.45, 7) is 18.8. The maximum atomic E-state index is 13.5. The molecule has 0 unspecified atom stereocenters. The smallest absolute Gasteiger partial charge is 0.270 e. The van der Waals surface area contributed by atoms with Gasteiger partial charge in [0, 0.05) is 17.7 Å². The molecular weight excluding hydrogens is 566 g/mol. The number of aryl methyl sites for hydroxylation is 2. The van der Waals surface area contributed by atoms with Gasteiger partial charge in [0.1, 0.15) is 11.4 Å². The number of rotatable bonds is 13. The van der Waals surface area contributed by atoms with Crippen molar-refractivity contribution in [3.8, 4) is 22.7 Å². The molecule has 0 aliphatic rings. The number of amides is 1. The van der Waals surface area contributed by atoms with Crippen LogP contribution in [0.15, 0.2) is 66.7 Å². The highest BCUT2D eigenvalue weighted by Gasteiger charge is 2.26. The molecule has 234 valence electrons. The number of ether oxygens (including phenoxy) is 1. The molecule has 0 spiro atoms. The molecule has 44 heavy (non-hydrogen) atoms. The van der Waals surface area contributed by atoms with E-state index in [0.29, 0.717) is 29.6 Å². The molecule has 0 saturated carbocycles. The number of nitrogens with one attached hydrogen (secondary N) is 1. The Kier molecular flexibility index (Phi) is 10.6. The first-order chi connectivity index (χ1) is 20.9.